The van der Waals surface area contributed by atoms with Crippen LogP contribution in [0.25, 0.3) is 0 Å². The van der Waals surface area contributed by atoms with Gasteiger partial charge < -0.3 is 24.3 Å². The molecule has 1 aromatic carbocycles. The summed E-state index contributed by atoms with van der Waals surface area (Å²) < 4.78 is 23.5. The highest BCUT2D eigenvalue weighted by Crippen LogP contribution is 2.38. The van der Waals surface area contributed by atoms with Gasteiger partial charge in [-0.25, -0.2) is 0 Å². The minimum Gasteiger partial charge on any atom is -0.490 e. The van der Waals surface area contributed by atoms with Crippen molar-refractivity contribution in [2.75, 3.05) is 46.2 Å². The first-order valence-corrected chi connectivity index (χ1v) is 15.9. The number of amides is 1. The molecule has 0 aliphatic heterocycles. The highest BCUT2D eigenvalue weighted by molar-refractivity contribution is 8.77. The second-order valence-electron chi connectivity index (χ2n) is 11.0. The number of carbonyl (C=O) groups is 1. The standard InChI is InChI=1S/C29H51NO5S2/c1-23(2)11-9-15-30-28(31)25-13-8-14-26(21-25)35-22-27(36-37-29(5,6)7)34-20-19-33-18-17-32-16-10-12-24(3)4/h8,13-14,21,23-24,27H,9-12,15-20,22H2,1-7H3,(H,30,31). The maximum absolute atomic E-state index is 12.5. The van der Waals surface area contributed by atoms with Gasteiger partial charge in [-0.15, -0.1) is 0 Å². The van der Waals surface area contributed by atoms with E-state index in [1.807, 2.05) is 18.2 Å². The Morgan fingerprint density at radius 3 is 2.24 bits per heavy atom. The molecule has 0 aromatic heterocycles. The van der Waals surface area contributed by atoms with Crippen LogP contribution in [0.4, 0.5) is 0 Å². The van der Waals surface area contributed by atoms with Gasteiger partial charge in [0, 0.05) is 23.5 Å². The van der Waals surface area contributed by atoms with E-state index in [1.54, 1.807) is 27.7 Å². The van der Waals surface area contributed by atoms with Crippen molar-refractivity contribution in [3.63, 3.8) is 0 Å². The molecule has 1 unspecified atom stereocenters. The van der Waals surface area contributed by atoms with E-state index >= 15 is 0 Å². The maximum atomic E-state index is 12.5. The molecule has 0 radical (unpaired) electrons. The minimum absolute atomic E-state index is 0.0688. The fraction of sp³-hybridized carbons (Fsp3) is 0.759. The molecule has 1 atom stereocenters. The van der Waals surface area contributed by atoms with Crippen LogP contribution in [0, 0.1) is 11.8 Å². The molecule has 1 rings (SSSR count). The van der Waals surface area contributed by atoms with Gasteiger partial charge in [-0.2, -0.15) is 0 Å². The smallest absolute Gasteiger partial charge is 0.251 e. The molecule has 1 amide bonds. The topological polar surface area (TPSA) is 66.0 Å². The fourth-order valence-electron chi connectivity index (χ4n) is 3.16. The molecule has 0 heterocycles. The Morgan fingerprint density at radius 2 is 1.57 bits per heavy atom. The quantitative estimate of drug-likeness (QED) is 0.0972. The average molecular weight is 558 g/mol. The molecule has 8 heteroatoms. The zero-order valence-electron chi connectivity index (χ0n) is 24.2. The van der Waals surface area contributed by atoms with Crippen LogP contribution in [-0.2, 0) is 14.2 Å². The second-order valence-corrected chi connectivity index (χ2v) is 14.2. The van der Waals surface area contributed by atoms with Crippen molar-refractivity contribution in [3.05, 3.63) is 29.8 Å². The SMILES string of the molecule is CC(C)CCCNC(=O)c1cccc(OCC(OCCOCCOCCCC(C)C)SSC(C)(C)C)c1. The van der Waals surface area contributed by atoms with E-state index in [0.717, 1.165) is 31.8 Å². The summed E-state index contributed by atoms with van der Waals surface area (Å²) in [5.74, 6) is 1.95. The van der Waals surface area contributed by atoms with Gasteiger partial charge >= 0.3 is 0 Å². The Balaban J connectivity index is 2.41. The Labute approximate surface area is 234 Å². The zero-order chi connectivity index (χ0) is 27.5. The summed E-state index contributed by atoms with van der Waals surface area (Å²) in [6.07, 6.45) is 4.37. The van der Waals surface area contributed by atoms with E-state index in [1.165, 1.54) is 6.42 Å². The normalized spacial score (nSPS) is 12.8. The number of benzene rings is 1. The molecule has 6 nitrogen and oxygen atoms in total. The van der Waals surface area contributed by atoms with Gasteiger partial charge in [0.15, 0.2) is 0 Å². The van der Waals surface area contributed by atoms with Crippen LogP contribution in [0.2, 0.25) is 0 Å². The predicted molar refractivity (Wildman–Crippen MR) is 159 cm³/mol. The predicted octanol–water partition coefficient (Wildman–Crippen LogP) is 7.22. The molecular weight excluding hydrogens is 506 g/mol. The number of hydrogen-bond acceptors (Lipinski definition) is 7. The van der Waals surface area contributed by atoms with Crippen molar-refractivity contribution >= 4 is 27.5 Å². The highest BCUT2D eigenvalue weighted by Gasteiger charge is 2.18. The first kappa shape index (κ1) is 34.1. The summed E-state index contributed by atoms with van der Waals surface area (Å²) in [7, 11) is 3.43. The Morgan fingerprint density at radius 1 is 0.919 bits per heavy atom. The van der Waals surface area contributed by atoms with Crippen LogP contribution in [0.15, 0.2) is 24.3 Å². The average Bonchev–Trinajstić information content (AvgIpc) is 2.83. The lowest BCUT2D eigenvalue weighted by atomic mass is 10.1. The molecule has 37 heavy (non-hydrogen) atoms. The molecule has 214 valence electrons. The summed E-state index contributed by atoms with van der Waals surface area (Å²) in [6.45, 7) is 19.4. The van der Waals surface area contributed by atoms with E-state index in [0.29, 0.717) is 56.8 Å². The third kappa shape index (κ3) is 19.7. The van der Waals surface area contributed by atoms with Crippen molar-refractivity contribution < 1.29 is 23.7 Å². The van der Waals surface area contributed by atoms with Crippen LogP contribution in [0.3, 0.4) is 0 Å². The largest absolute Gasteiger partial charge is 0.490 e. The lowest BCUT2D eigenvalue weighted by Crippen LogP contribution is -2.25. The van der Waals surface area contributed by atoms with E-state index in [9.17, 15) is 4.79 Å². The molecule has 0 saturated carbocycles. The molecular formula is C29H51NO5S2. The molecule has 1 aromatic rings. The third-order valence-electron chi connectivity index (χ3n) is 5.11. The summed E-state index contributed by atoms with van der Waals surface area (Å²) in [6, 6.07) is 7.33. The lowest BCUT2D eigenvalue weighted by Gasteiger charge is -2.22. The van der Waals surface area contributed by atoms with Gasteiger partial charge in [-0.1, -0.05) is 76.1 Å². The molecule has 0 bridgehead atoms. The summed E-state index contributed by atoms with van der Waals surface area (Å²) in [5.41, 5.74) is 0.449. The zero-order valence-corrected chi connectivity index (χ0v) is 25.8. The van der Waals surface area contributed by atoms with Crippen LogP contribution < -0.4 is 10.1 Å². The van der Waals surface area contributed by atoms with Gasteiger partial charge in [0.25, 0.3) is 5.91 Å². The highest BCUT2D eigenvalue weighted by atomic mass is 33.1. The van der Waals surface area contributed by atoms with Crippen LogP contribution in [-0.4, -0.2) is 62.3 Å². The first-order valence-electron chi connectivity index (χ1n) is 13.7. The number of hydrogen-bond donors (Lipinski definition) is 1. The van der Waals surface area contributed by atoms with Crippen molar-refractivity contribution in [3.8, 4) is 5.75 Å². The molecule has 0 aliphatic rings. The van der Waals surface area contributed by atoms with E-state index in [2.05, 4.69) is 53.8 Å². The van der Waals surface area contributed by atoms with Gasteiger partial charge in [0.1, 0.15) is 17.8 Å². The lowest BCUT2D eigenvalue weighted by molar-refractivity contribution is 0.00107. The first-order chi connectivity index (χ1) is 17.6. The molecule has 0 fully saturated rings. The van der Waals surface area contributed by atoms with E-state index in [4.69, 9.17) is 18.9 Å². The molecule has 0 spiro atoms. The molecule has 0 aliphatic carbocycles. The monoisotopic (exact) mass is 557 g/mol. The van der Waals surface area contributed by atoms with E-state index in [-0.39, 0.29) is 16.1 Å². The number of carbonyl (C=O) groups excluding carboxylic acids is 1. The summed E-state index contributed by atoms with van der Waals surface area (Å²) >= 11 is 0. The third-order valence-corrected chi connectivity index (χ3v) is 8.62. The fourth-order valence-corrected chi connectivity index (χ4v) is 5.35. The van der Waals surface area contributed by atoms with Gasteiger partial charge in [-0.3, -0.25) is 4.79 Å². The minimum atomic E-state index is -0.159. The summed E-state index contributed by atoms with van der Waals surface area (Å²) in [5, 5.41) is 3.00. The van der Waals surface area contributed by atoms with Crippen LogP contribution in [0.1, 0.15) is 84.5 Å². The van der Waals surface area contributed by atoms with Crippen molar-refractivity contribution in [1.29, 1.82) is 0 Å². The second kappa shape index (κ2) is 20.0. The Kier molecular flexibility index (Phi) is 18.5. The molecule has 0 saturated heterocycles. The van der Waals surface area contributed by atoms with Crippen LogP contribution >= 0.6 is 21.6 Å². The maximum Gasteiger partial charge on any atom is 0.251 e. The van der Waals surface area contributed by atoms with Crippen molar-refractivity contribution in [2.24, 2.45) is 11.8 Å². The number of ether oxygens (including phenoxy) is 4. The van der Waals surface area contributed by atoms with Crippen molar-refractivity contribution in [2.45, 2.75) is 84.3 Å². The van der Waals surface area contributed by atoms with E-state index < -0.39 is 0 Å². The Bertz CT molecular complexity index is 724. The van der Waals surface area contributed by atoms with Gasteiger partial charge in [-0.05, 0) is 55.7 Å². The van der Waals surface area contributed by atoms with Gasteiger partial charge in [0.2, 0.25) is 0 Å². The van der Waals surface area contributed by atoms with Crippen LogP contribution in [0.5, 0.6) is 5.75 Å². The Hall–Kier alpha value is -0.930. The number of nitrogens with one attached hydrogen (secondary N) is 1. The van der Waals surface area contributed by atoms with Gasteiger partial charge in [0.05, 0.1) is 26.4 Å². The number of rotatable bonds is 21. The summed E-state index contributed by atoms with van der Waals surface area (Å²) in [4.78, 5) is 12.5. The van der Waals surface area contributed by atoms with Crippen molar-refractivity contribution in [1.82, 2.24) is 5.32 Å². The molecule has 1 N–H and O–H groups in total.